The van der Waals surface area contributed by atoms with E-state index >= 15 is 0 Å². The van der Waals surface area contributed by atoms with E-state index in [1.807, 2.05) is 13.0 Å². The summed E-state index contributed by atoms with van der Waals surface area (Å²) in [5, 5.41) is 5.91. The second-order valence-corrected chi connectivity index (χ2v) is 4.59. The second-order valence-electron chi connectivity index (χ2n) is 4.59. The second kappa shape index (κ2) is 6.52. The summed E-state index contributed by atoms with van der Waals surface area (Å²) in [6, 6.07) is 4.92. The molecule has 0 unspecified atom stereocenters. The summed E-state index contributed by atoms with van der Waals surface area (Å²) in [4.78, 5) is 11.6. The molecule has 1 heterocycles. The molecule has 0 radical (unpaired) electrons. The minimum Gasteiger partial charge on any atom is -0.491 e. The number of hydrogen-bond donors (Lipinski definition) is 2. The molecule has 0 atom stereocenters. The number of carbonyl (C=O) groups is 1. The van der Waals surface area contributed by atoms with Crippen LogP contribution in [-0.4, -0.2) is 32.1 Å². The first-order valence-electron chi connectivity index (χ1n) is 6.60. The van der Waals surface area contributed by atoms with Crippen molar-refractivity contribution in [2.75, 3.05) is 26.2 Å². The maximum atomic E-state index is 13.6. The summed E-state index contributed by atoms with van der Waals surface area (Å²) in [5.41, 5.74) is 0.855. The molecule has 1 aliphatic rings. The molecule has 2 rings (SSSR count). The smallest absolute Gasteiger partial charge is 0.225 e. The van der Waals surface area contributed by atoms with E-state index in [4.69, 9.17) is 4.74 Å². The van der Waals surface area contributed by atoms with Gasteiger partial charge in [0, 0.05) is 19.6 Å². The zero-order valence-corrected chi connectivity index (χ0v) is 11.0. The van der Waals surface area contributed by atoms with Gasteiger partial charge in [-0.25, -0.2) is 4.39 Å². The van der Waals surface area contributed by atoms with Crippen molar-refractivity contribution in [1.29, 1.82) is 0 Å². The van der Waals surface area contributed by atoms with Gasteiger partial charge in [-0.1, -0.05) is 6.07 Å². The Hall–Kier alpha value is -1.62. The topological polar surface area (TPSA) is 50.4 Å². The normalized spacial score (nSPS) is 14.8. The molecule has 19 heavy (non-hydrogen) atoms. The van der Waals surface area contributed by atoms with Crippen LogP contribution >= 0.6 is 0 Å². The van der Waals surface area contributed by atoms with Gasteiger partial charge in [-0.2, -0.15) is 0 Å². The highest BCUT2D eigenvalue weighted by atomic mass is 19.1. The summed E-state index contributed by atoms with van der Waals surface area (Å²) < 4.78 is 18.7. The summed E-state index contributed by atoms with van der Waals surface area (Å²) in [7, 11) is 0. The Morgan fingerprint density at radius 1 is 1.53 bits per heavy atom. The molecule has 0 aromatic heterocycles. The molecule has 1 saturated heterocycles. The Bertz CT molecular complexity index is 447. The van der Waals surface area contributed by atoms with Gasteiger partial charge in [0.1, 0.15) is 0 Å². The van der Waals surface area contributed by atoms with Gasteiger partial charge in [-0.05, 0) is 31.0 Å². The van der Waals surface area contributed by atoms with E-state index in [-0.39, 0.29) is 23.4 Å². The minimum absolute atomic E-state index is 0.0742. The van der Waals surface area contributed by atoms with Gasteiger partial charge >= 0.3 is 0 Å². The molecule has 4 nitrogen and oxygen atoms in total. The molecule has 0 spiro atoms. The van der Waals surface area contributed by atoms with E-state index in [2.05, 4.69) is 10.6 Å². The van der Waals surface area contributed by atoms with Crippen LogP contribution in [0.2, 0.25) is 0 Å². The van der Waals surface area contributed by atoms with Crippen molar-refractivity contribution in [2.45, 2.75) is 13.3 Å². The number of nitrogens with one attached hydrogen (secondary N) is 2. The van der Waals surface area contributed by atoms with Gasteiger partial charge in [-0.3, -0.25) is 4.79 Å². The molecule has 0 bridgehead atoms. The number of benzene rings is 1. The molecule has 0 saturated carbocycles. The molecule has 5 heteroatoms. The molecule has 1 aromatic carbocycles. The first-order chi connectivity index (χ1) is 9.20. The maximum absolute atomic E-state index is 13.6. The quantitative estimate of drug-likeness (QED) is 0.810. The third-order valence-corrected chi connectivity index (χ3v) is 3.16. The molecule has 0 aliphatic carbocycles. The Morgan fingerprint density at radius 2 is 2.32 bits per heavy atom. The first-order valence-corrected chi connectivity index (χ1v) is 6.60. The van der Waals surface area contributed by atoms with Crippen molar-refractivity contribution >= 4 is 5.91 Å². The third kappa shape index (κ3) is 3.67. The summed E-state index contributed by atoms with van der Waals surface area (Å²) in [6.07, 6.45) is 0.620. The zero-order valence-electron chi connectivity index (χ0n) is 11.0. The highest BCUT2D eigenvalue weighted by Gasteiger charge is 2.24. The van der Waals surface area contributed by atoms with Crippen LogP contribution in [0.5, 0.6) is 5.75 Å². The van der Waals surface area contributed by atoms with Crippen molar-refractivity contribution in [2.24, 2.45) is 5.92 Å². The minimum atomic E-state index is -0.353. The van der Waals surface area contributed by atoms with Crippen LogP contribution in [0.4, 0.5) is 4.39 Å². The van der Waals surface area contributed by atoms with Crippen molar-refractivity contribution in [3.63, 3.8) is 0 Å². The van der Waals surface area contributed by atoms with Crippen LogP contribution in [0.25, 0.3) is 0 Å². The van der Waals surface area contributed by atoms with Crippen LogP contribution in [0.1, 0.15) is 12.5 Å². The van der Waals surface area contributed by atoms with Crippen LogP contribution < -0.4 is 15.4 Å². The standard InChI is InChI=1S/C14H19FN2O2/c1-2-19-13-4-3-10(7-12(13)15)5-6-17-14(18)11-8-16-9-11/h3-4,7,11,16H,2,5-6,8-9H2,1H3,(H,17,18). The number of carbonyl (C=O) groups excluding carboxylic acids is 1. The zero-order chi connectivity index (χ0) is 13.7. The largest absolute Gasteiger partial charge is 0.491 e. The summed E-state index contributed by atoms with van der Waals surface area (Å²) >= 11 is 0. The Labute approximate surface area is 112 Å². The van der Waals surface area contributed by atoms with E-state index in [1.165, 1.54) is 6.07 Å². The number of hydrogen-bond acceptors (Lipinski definition) is 3. The lowest BCUT2D eigenvalue weighted by Gasteiger charge is -2.25. The van der Waals surface area contributed by atoms with Gasteiger partial charge in [0.05, 0.1) is 12.5 Å². The van der Waals surface area contributed by atoms with Gasteiger partial charge in [-0.15, -0.1) is 0 Å². The predicted molar refractivity (Wildman–Crippen MR) is 70.6 cm³/mol. The Kier molecular flexibility index (Phi) is 4.74. The lowest BCUT2D eigenvalue weighted by molar-refractivity contribution is -0.126. The maximum Gasteiger partial charge on any atom is 0.225 e. The van der Waals surface area contributed by atoms with E-state index < -0.39 is 0 Å². The van der Waals surface area contributed by atoms with Gasteiger partial charge in [0.2, 0.25) is 5.91 Å². The van der Waals surface area contributed by atoms with Gasteiger partial charge in [0.15, 0.2) is 11.6 Å². The van der Waals surface area contributed by atoms with Crippen molar-refractivity contribution in [3.8, 4) is 5.75 Å². The lowest BCUT2D eigenvalue weighted by atomic mass is 10.0. The average molecular weight is 266 g/mol. The van der Waals surface area contributed by atoms with Gasteiger partial charge < -0.3 is 15.4 Å². The van der Waals surface area contributed by atoms with Gasteiger partial charge in [0.25, 0.3) is 0 Å². The number of ether oxygens (including phenoxy) is 1. The van der Waals surface area contributed by atoms with E-state index in [9.17, 15) is 9.18 Å². The summed E-state index contributed by atoms with van der Waals surface area (Å²) in [6.45, 7) is 4.30. The predicted octanol–water partition coefficient (Wildman–Crippen LogP) is 1.10. The van der Waals surface area contributed by atoms with Crippen LogP contribution in [0, 0.1) is 11.7 Å². The highest BCUT2D eigenvalue weighted by molar-refractivity contribution is 5.79. The van der Waals surface area contributed by atoms with Crippen LogP contribution in [0.15, 0.2) is 18.2 Å². The average Bonchev–Trinajstić information content (AvgIpc) is 2.30. The van der Waals surface area contributed by atoms with Crippen molar-refractivity contribution in [3.05, 3.63) is 29.6 Å². The van der Waals surface area contributed by atoms with E-state index in [0.717, 1.165) is 18.7 Å². The molecular formula is C14H19FN2O2. The van der Waals surface area contributed by atoms with Crippen molar-refractivity contribution < 1.29 is 13.9 Å². The van der Waals surface area contributed by atoms with Crippen LogP contribution in [0.3, 0.4) is 0 Å². The summed E-state index contributed by atoms with van der Waals surface area (Å²) in [5.74, 6) is 0.0897. The molecule has 104 valence electrons. The molecular weight excluding hydrogens is 247 g/mol. The molecule has 2 N–H and O–H groups in total. The molecule has 1 aliphatic heterocycles. The highest BCUT2D eigenvalue weighted by Crippen LogP contribution is 2.18. The van der Waals surface area contributed by atoms with E-state index in [1.54, 1.807) is 6.07 Å². The fraction of sp³-hybridized carbons (Fsp3) is 0.500. The monoisotopic (exact) mass is 266 g/mol. The number of amides is 1. The SMILES string of the molecule is CCOc1ccc(CCNC(=O)C2CNC2)cc1F. The third-order valence-electron chi connectivity index (χ3n) is 3.16. The number of rotatable bonds is 6. The molecule has 1 aromatic rings. The Balaban J connectivity index is 1.79. The molecule has 1 amide bonds. The first kappa shape index (κ1) is 13.8. The van der Waals surface area contributed by atoms with Crippen molar-refractivity contribution in [1.82, 2.24) is 10.6 Å². The fourth-order valence-corrected chi connectivity index (χ4v) is 1.92. The lowest BCUT2D eigenvalue weighted by Crippen LogP contribution is -2.51. The fourth-order valence-electron chi connectivity index (χ4n) is 1.92. The molecule has 1 fully saturated rings. The number of halogens is 1. The van der Waals surface area contributed by atoms with Crippen LogP contribution in [-0.2, 0) is 11.2 Å². The Morgan fingerprint density at radius 3 is 2.89 bits per heavy atom. The van der Waals surface area contributed by atoms with E-state index in [0.29, 0.717) is 19.6 Å².